The topological polar surface area (TPSA) is 69.6 Å². The maximum atomic E-state index is 12.1. The molecule has 0 aliphatic carbocycles. The number of aliphatic hydroxyl groups excluding tert-OH is 1. The van der Waals surface area contributed by atoms with Gasteiger partial charge >= 0.3 is 0 Å². The van der Waals surface area contributed by atoms with Gasteiger partial charge < -0.3 is 10.4 Å². The third-order valence-electron chi connectivity index (χ3n) is 3.26. The molecule has 1 aliphatic rings. The summed E-state index contributed by atoms with van der Waals surface area (Å²) < 4.78 is 25.8. The van der Waals surface area contributed by atoms with E-state index in [2.05, 4.69) is 5.32 Å². The zero-order valence-electron chi connectivity index (χ0n) is 11.4. The van der Waals surface area contributed by atoms with E-state index in [0.717, 1.165) is 19.4 Å². The molecule has 1 atom stereocenters. The Morgan fingerprint density at radius 2 is 2.17 bits per heavy atom. The molecular weight excluding hydrogens is 252 g/mol. The Morgan fingerprint density at radius 3 is 2.78 bits per heavy atom. The number of rotatable bonds is 7. The predicted molar refractivity (Wildman–Crippen MR) is 72.9 cm³/mol. The summed E-state index contributed by atoms with van der Waals surface area (Å²) in [5.41, 5.74) is 0. The van der Waals surface area contributed by atoms with E-state index in [4.69, 9.17) is 5.11 Å². The lowest BCUT2D eigenvalue weighted by Crippen LogP contribution is -2.42. The monoisotopic (exact) mass is 278 g/mol. The number of sulfonamides is 1. The highest BCUT2D eigenvalue weighted by Crippen LogP contribution is 2.19. The lowest BCUT2D eigenvalue weighted by molar-refractivity contribution is 0.165. The maximum absolute atomic E-state index is 12.1. The number of hydrogen-bond donors (Lipinski definition) is 2. The van der Waals surface area contributed by atoms with Gasteiger partial charge in [0.25, 0.3) is 0 Å². The number of nitrogens with zero attached hydrogens (tertiary/aromatic N) is 1. The SMILES string of the molecule is CC(C)NCCCS(=O)(=O)N1CCCC(CO)C1. The normalized spacial score (nSPS) is 22.6. The first-order valence-electron chi connectivity index (χ1n) is 6.77. The molecule has 0 aromatic heterocycles. The predicted octanol–water partition coefficient (Wildman–Crippen LogP) is 0.409. The summed E-state index contributed by atoms with van der Waals surface area (Å²) in [6, 6.07) is 0.390. The molecule has 0 bridgehead atoms. The van der Waals surface area contributed by atoms with E-state index in [9.17, 15) is 8.42 Å². The average molecular weight is 278 g/mol. The number of aliphatic hydroxyl groups is 1. The Bertz CT molecular complexity index is 330. The molecule has 18 heavy (non-hydrogen) atoms. The summed E-state index contributed by atoms with van der Waals surface area (Å²) >= 11 is 0. The molecule has 1 saturated heterocycles. The molecule has 1 rings (SSSR count). The Kier molecular flexibility index (Phi) is 6.55. The highest BCUT2D eigenvalue weighted by molar-refractivity contribution is 7.89. The minimum atomic E-state index is -3.14. The van der Waals surface area contributed by atoms with Gasteiger partial charge in [-0.1, -0.05) is 13.8 Å². The van der Waals surface area contributed by atoms with Crippen LogP contribution in [-0.4, -0.2) is 55.9 Å². The van der Waals surface area contributed by atoms with Crippen LogP contribution in [0.15, 0.2) is 0 Å². The minimum Gasteiger partial charge on any atom is -0.396 e. The Morgan fingerprint density at radius 1 is 1.44 bits per heavy atom. The molecule has 0 spiro atoms. The van der Waals surface area contributed by atoms with Gasteiger partial charge in [0.2, 0.25) is 10.0 Å². The van der Waals surface area contributed by atoms with E-state index < -0.39 is 10.0 Å². The van der Waals surface area contributed by atoms with Crippen molar-refractivity contribution in [1.29, 1.82) is 0 Å². The van der Waals surface area contributed by atoms with Crippen molar-refractivity contribution in [2.24, 2.45) is 5.92 Å². The van der Waals surface area contributed by atoms with E-state index in [1.165, 1.54) is 0 Å². The van der Waals surface area contributed by atoms with Crippen LogP contribution in [0.1, 0.15) is 33.1 Å². The van der Waals surface area contributed by atoms with Crippen molar-refractivity contribution in [2.45, 2.75) is 39.2 Å². The van der Waals surface area contributed by atoms with Gasteiger partial charge in [-0.2, -0.15) is 0 Å². The van der Waals surface area contributed by atoms with Crippen molar-refractivity contribution in [3.8, 4) is 0 Å². The van der Waals surface area contributed by atoms with E-state index in [1.807, 2.05) is 13.8 Å². The lowest BCUT2D eigenvalue weighted by atomic mass is 10.0. The third-order valence-corrected chi connectivity index (χ3v) is 5.19. The molecule has 6 heteroatoms. The van der Waals surface area contributed by atoms with Gasteiger partial charge in [-0.15, -0.1) is 0 Å². The summed E-state index contributed by atoms with van der Waals surface area (Å²) in [7, 11) is -3.14. The lowest BCUT2D eigenvalue weighted by Gasteiger charge is -2.31. The van der Waals surface area contributed by atoms with Gasteiger partial charge in [0.1, 0.15) is 0 Å². The fourth-order valence-corrected chi connectivity index (χ4v) is 3.82. The van der Waals surface area contributed by atoms with Gasteiger partial charge in [-0.3, -0.25) is 0 Å². The molecule has 0 aromatic rings. The van der Waals surface area contributed by atoms with Crippen molar-refractivity contribution in [3.63, 3.8) is 0 Å². The number of hydrogen-bond acceptors (Lipinski definition) is 4. The number of nitrogens with one attached hydrogen (secondary N) is 1. The summed E-state index contributed by atoms with van der Waals surface area (Å²) in [5.74, 6) is 0.313. The fourth-order valence-electron chi connectivity index (χ4n) is 2.20. The summed E-state index contributed by atoms with van der Waals surface area (Å²) in [6.07, 6.45) is 2.42. The highest BCUT2D eigenvalue weighted by Gasteiger charge is 2.27. The maximum Gasteiger partial charge on any atom is 0.214 e. The van der Waals surface area contributed by atoms with Gasteiger partial charge in [0, 0.05) is 25.7 Å². The van der Waals surface area contributed by atoms with Crippen LogP contribution in [0.4, 0.5) is 0 Å². The molecule has 2 N–H and O–H groups in total. The highest BCUT2D eigenvalue weighted by atomic mass is 32.2. The smallest absolute Gasteiger partial charge is 0.214 e. The van der Waals surface area contributed by atoms with Crippen molar-refractivity contribution >= 4 is 10.0 Å². The molecular formula is C12H26N2O3S. The molecule has 0 saturated carbocycles. The summed E-state index contributed by atoms with van der Waals surface area (Å²) in [4.78, 5) is 0. The van der Waals surface area contributed by atoms with Crippen LogP contribution < -0.4 is 5.32 Å². The first kappa shape index (κ1) is 15.9. The van der Waals surface area contributed by atoms with Crippen LogP contribution in [-0.2, 0) is 10.0 Å². The fraction of sp³-hybridized carbons (Fsp3) is 1.00. The van der Waals surface area contributed by atoms with E-state index in [0.29, 0.717) is 25.6 Å². The van der Waals surface area contributed by atoms with Crippen LogP contribution >= 0.6 is 0 Å². The molecule has 1 aliphatic heterocycles. The molecule has 108 valence electrons. The zero-order valence-corrected chi connectivity index (χ0v) is 12.2. The van der Waals surface area contributed by atoms with E-state index >= 15 is 0 Å². The molecule has 1 unspecified atom stereocenters. The Labute approximate surface area is 111 Å². The van der Waals surface area contributed by atoms with E-state index in [-0.39, 0.29) is 18.3 Å². The standard InChI is InChI=1S/C12H26N2O3S/c1-11(2)13-6-4-8-18(16,17)14-7-3-5-12(9-14)10-15/h11-13,15H,3-10H2,1-2H3. The van der Waals surface area contributed by atoms with Crippen LogP contribution in [0, 0.1) is 5.92 Å². The Balaban J connectivity index is 2.38. The van der Waals surface area contributed by atoms with Gasteiger partial charge in [0.15, 0.2) is 0 Å². The largest absolute Gasteiger partial charge is 0.396 e. The van der Waals surface area contributed by atoms with Gasteiger partial charge in [-0.25, -0.2) is 12.7 Å². The van der Waals surface area contributed by atoms with Crippen LogP contribution in [0.3, 0.4) is 0 Å². The third kappa shape index (κ3) is 5.22. The minimum absolute atomic E-state index is 0.0843. The molecule has 0 radical (unpaired) electrons. The second-order valence-corrected chi connectivity index (χ2v) is 7.42. The van der Waals surface area contributed by atoms with Crippen molar-refractivity contribution in [3.05, 3.63) is 0 Å². The van der Waals surface area contributed by atoms with Gasteiger partial charge in [-0.05, 0) is 31.7 Å². The van der Waals surface area contributed by atoms with Crippen molar-refractivity contribution in [1.82, 2.24) is 9.62 Å². The Hall–Kier alpha value is -0.170. The first-order valence-corrected chi connectivity index (χ1v) is 8.38. The first-order chi connectivity index (χ1) is 8.45. The van der Waals surface area contributed by atoms with Crippen LogP contribution in [0.5, 0.6) is 0 Å². The molecule has 1 fully saturated rings. The van der Waals surface area contributed by atoms with Crippen LogP contribution in [0.25, 0.3) is 0 Å². The van der Waals surface area contributed by atoms with Crippen molar-refractivity contribution in [2.75, 3.05) is 32.0 Å². The summed E-state index contributed by atoms with van der Waals surface area (Å²) in [5, 5.41) is 12.3. The number of piperidine rings is 1. The quantitative estimate of drug-likeness (QED) is 0.662. The molecule has 5 nitrogen and oxygen atoms in total. The summed E-state index contributed by atoms with van der Waals surface area (Å²) in [6.45, 7) is 6.00. The van der Waals surface area contributed by atoms with E-state index in [1.54, 1.807) is 4.31 Å². The molecule has 1 heterocycles. The zero-order chi connectivity index (χ0) is 13.6. The van der Waals surface area contributed by atoms with Crippen molar-refractivity contribution < 1.29 is 13.5 Å². The molecule has 0 aromatic carbocycles. The van der Waals surface area contributed by atoms with Gasteiger partial charge in [0.05, 0.1) is 5.75 Å². The van der Waals surface area contributed by atoms with Crippen LogP contribution in [0.2, 0.25) is 0 Å². The second-order valence-electron chi connectivity index (χ2n) is 5.33. The second kappa shape index (κ2) is 7.43. The molecule has 0 amide bonds. The average Bonchev–Trinajstić information content (AvgIpc) is 2.34.